The van der Waals surface area contributed by atoms with Gasteiger partial charge in [-0.1, -0.05) is 150 Å². The highest BCUT2D eigenvalue weighted by Crippen LogP contribution is 2.41. The summed E-state index contributed by atoms with van der Waals surface area (Å²) < 4.78 is 0. The van der Waals surface area contributed by atoms with Gasteiger partial charge in [0.05, 0.1) is 0 Å². The van der Waals surface area contributed by atoms with E-state index in [9.17, 15) is 0 Å². The number of rotatable bonds is 1. The lowest BCUT2D eigenvalue weighted by atomic mass is 9.95. The maximum Gasteiger partial charge on any atom is -0.000729 e. The van der Waals surface area contributed by atoms with E-state index in [1.165, 1.54) is 77.9 Å². The van der Waals surface area contributed by atoms with Gasteiger partial charge in [-0.3, -0.25) is 0 Å². The van der Waals surface area contributed by atoms with Gasteiger partial charge in [0.25, 0.3) is 0 Å². The fourth-order valence-corrected chi connectivity index (χ4v) is 6.36. The molecule has 0 aromatic heterocycles. The summed E-state index contributed by atoms with van der Waals surface area (Å²) in [7, 11) is 0. The first-order chi connectivity index (χ1) is 20.5. The summed E-state index contributed by atoms with van der Waals surface area (Å²) >= 11 is 0. The molecule has 0 radical (unpaired) electrons. The Morgan fingerprint density at radius 1 is 0.357 bits per heavy atom. The first-order valence-electron chi connectivity index (χ1n) is 14.9. The zero-order valence-corrected chi connectivity index (χ0v) is 25.1. The number of aryl methyl sites for hydroxylation is 4. The van der Waals surface area contributed by atoms with Crippen molar-refractivity contribution in [1.82, 2.24) is 0 Å². The molecule has 2 aliphatic carbocycles. The number of benzene rings is 6. The minimum atomic E-state index is 1.05. The second-order valence-electron chi connectivity index (χ2n) is 11.6. The van der Waals surface area contributed by atoms with Crippen molar-refractivity contribution in [3.63, 3.8) is 0 Å². The third-order valence-electron chi connectivity index (χ3n) is 8.44. The van der Waals surface area contributed by atoms with Crippen LogP contribution >= 0.6 is 0 Å². The Balaban J connectivity index is 0.000000124. The molecule has 0 heterocycles. The van der Waals surface area contributed by atoms with Gasteiger partial charge < -0.3 is 0 Å². The minimum absolute atomic E-state index is 1.05. The highest BCUT2D eigenvalue weighted by Gasteiger charge is 2.21. The molecule has 0 saturated carbocycles. The summed E-state index contributed by atoms with van der Waals surface area (Å²) in [5.41, 5.74) is 19.7. The number of hydrogen-bond acceptors (Lipinski definition) is 0. The minimum Gasteiger partial charge on any atom is -0.0619 e. The van der Waals surface area contributed by atoms with Crippen LogP contribution in [-0.2, 0) is 12.8 Å². The van der Waals surface area contributed by atoms with Crippen molar-refractivity contribution in [3.05, 3.63) is 178 Å². The third kappa shape index (κ3) is 5.71. The Morgan fingerprint density at radius 2 is 0.810 bits per heavy atom. The standard InChI is InChI=1S/C20H16.C14H12.C8H10/c1-14-6-4-8-15(12-14)18-10-5-11-19-17-9-3-2-7-16(17)13-20(18)19;1-10-5-4-8-13-12-7-3-2-6-11(12)9-14(10)13;1-7-4-3-5-8(2)6-7/h2-12H,13H2,1H3;2-8H,9H2,1H3;3-6H,1-2H3. The van der Waals surface area contributed by atoms with Crippen LogP contribution in [0.15, 0.2) is 133 Å². The molecule has 42 heavy (non-hydrogen) atoms. The predicted molar refractivity (Wildman–Crippen MR) is 180 cm³/mol. The van der Waals surface area contributed by atoms with Gasteiger partial charge in [0.1, 0.15) is 0 Å². The van der Waals surface area contributed by atoms with Crippen molar-refractivity contribution in [1.29, 1.82) is 0 Å². The van der Waals surface area contributed by atoms with Crippen molar-refractivity contribution >= 4 is 0 Å². The van der Waals surface area contributed by atoms with E-state index in [4.69, 9.17) is 0 Å². The summed E-state index contributed by atoms with van der Waals surface area (Å²) in [6, 6.07) is 47.9. The summed E-state index contributed by atoms with van der Waals surface area (Å²) in [4.78, 5) is 0. The molecule has 6 aromatic rings. The smallest absolute Gasteiger partial charge is 0.000729 e. The second-order valence-corrected chi connectivity index (χ2v) is 11.6. The van der Waals surface area contributed by atoms with Gasteiger partial charge in [-0.2, -0.15) is 0 Å². The van der Waals surface area contributed by atoms with E-state index in [1.54, 1.807) is 0 Å². The fourth-order valence-electron chi connectivity index (χ4n) is 6.36. The average molecular weight is 543 g/mol. The highest BCUT2D eigenvalue weighted by atomic mass is 14.2. The molecule has 0 saturated heterocycles. The first-order valence-corrected chi connectivity index (χ1v) is 14.9. The Bertz CT molecular complexity index is 1850. The van der Waals surface area contributed by atoms with Gasteiger partial charge in [-0.05, 0) is 102 Å². The van der Waals surface area contributed by atoms with Crippen LogP contribution in [0.4, 0.5) is 0 Å². The van der Waals surface area contributed by atoms with Gasteiger partial charge in [0.15, 0.2) is 0 Å². The SMILES string of the molecule is Cc1cccc(-c2cccc3c2Cc2ccccc2-3)c1.Cc1cccc(C)c1.Cc1cccc2c1Cc1ccccc1-2. The Labute approximate surface area is 251 Å². The fraction of sp³-hybridized carbons (Fsp3) is 0.143. The summed E-state index contributed by atoms with van der Waals surface area (Å²) in [5.74, 6) is 0. The van der Waals surface area contributed by atoms with Crippen LogP contribution in [0.3, 0.4) is 0 Å². The predicted octanol–water partition coefficient (Wildman–Crippen LogP) is 11.1. The molecular weight excluding hydrogens is 504 g/mol. The summed E-state index contributed by atoms with van der Waals surface area (Å²) in [6.07, 6.45) is 2.16. The van der Waals surface area contributed by atoms with Crippen LogP contribution in [0, 0.1) is 27.7 Å². The van der Waals surface area contributed by atoms with Crippen molar-refractivity contribution in [2.45, 2.75) is 40.5 Å². The molecule has 0 fully saturated rings. The first kappa shape index (κ1) is 27.5. The maximum atomic E-state index is 2.28. The molecule has 0 bridgehead atoms. The molecule has 2 aliphatic rings. The van der Waals surface area contributed by atoms with E-state index in [0.717, 1.165) is 12.8 Å². The topological polar surface area (TPSA) is 0 Å². The molecule has 0 spiro atoms. The van der Waals surface area contributed by atoms with Crippen LogP contribution in [0.2, 0.25) is 0 Å². The van der Waals surface area contributed by atoms with Gasteiger partial charge in [0.2, 0.25) is 0 Å². The van der Waals surface area contributed by atoms with E-state index in [-0.39, 0.29) is 0 Å². The van der Waals surface area contributed by atoms with Gasteiger partial charge in [-0.25, -0.2) is 0 Å². The average Bonchev–Trinajstić information content (AvgIpc) is 3.57. The molecule has 0 nitrogen and oxygen atoms in total. The van der Waals surface area contributed by atoms with Gasteiger partial charge >= 0.3 is 0 Å². The molecule has 206 valence electrons. The molecule has 0 N–H and O–H groups in total. The van der Waals surface area contributed by atoms with Crippen molar-refractivity contribution in [2.75, 3.05) is 0 Å². The molecule has 0 aliphatic heterocycles. The zero-order chi connectivity index (χ0) is 29.1. The monoisotopic (exact) mass is 542 g/mol. The van der Waals surface area contributed by atoms with Crippen LogP contribution in [0.25, 0.3) is 33.4 Å². The van der Waals surface area contributed by atoms with Crippen LogP contribution in [-0.4, -0.2) is 0 Å². The molecule has 8 rings (SSSR count). The van der Waals surface area contributed by atoms with Crippen molar-refractivity contribution in [3.8, 4) is 33.4 Å². The lowest BCUT2D eigenvalue weighted by molar-refractivity contribution is 1.22. The van der Waals surface area contributed by atoms with Crippen LogP contribution in [0.1, 0.15) is 44.5 Å². The van der Waals surface area contributed by atoms with Gasteiger partial charge in [0, 0.05) is 0 Å². The lowest BCUT2D eigenvalue weighted by Gasteiger charge is -2.09. The normalized spacial score (nSPS) is 11.6. The quantitative estimate of drug-likeness (QED) is 0.193. The largest absolute Gasteiger partial charge is 0.0619 e. The molecular formula is C42H38. The van der Waals surface area contributed by atoms with E-state index < -0.39 is 0 Å². The van der Waals surface area contributed by atoms with Crippen molar-refractivity contribution in [2.24, 2.45) is 0 Å². The Kier molecular flexibility index (Phi) is 7.89. The van der Waals surface area contributed by atoms with Gasteiger partial charge in [-0.15, -0.1) is 0 Å². The summed E-state index contributed by atoms with van der Waals surface area (Å²) in [5, 5.41) is 0. The summed E-state index contributed by atoms with van der Waals surface area (Å²) in [6.45, 7) is 8.56. The molecule has 0 amide bonds. The number of hydrogen-bond donors (Lipinski definition) is 0. The molecule has 0 atom stereocenters. The third-order valence-corrected chi connectivity index (χ3v) is 8.44. The van der Waals surface area contributed by atoms with Crippen LogP contribution in [0.5, 0.6) is 0 Å². The van der Waals surface area contributed by atoms with E-state index >= 15 is 0 Å². The Morgan fingerprint density at radius 3 is 1.40 bits per heavy atom. The molecule has 0 unspecified atom stereocenters. The molecule has 0 heteroatoms. The van der Waals surface area contributed by atoms with Crippen LogP contribution < -0.4 is 0 Å². The highest BCUT2D eigenvalue weighted by molar-refractivity contribution is 5.84. The maximum absolute atomic E-state index is 2.28. The van der Waals surface area contributed by atoms with E-state index in [0.29, 0.717) is 0 Å². The molecule has 6 aromatic carbocycles. The zero-order valence-electron chi connectivity index (χ0n) is 25.1. The van der Waals surface area contributed by atoms with E-state index in [2.05, 4.69) is 161 Å². The van der Waals surface area contributed by atoms with Crippen molar-refractivity contribution < 1.29 is 0 Å². The number of fused-ring (bicyclic) bond motifs is 6. The van der Waals surface area contributed by atoms with E-state index in [1.807, 2.05) is 0 Å². The second kappa shape index (κ2) is 12.0. The lowest BCUT2D eigenvalue weighted by Crippen LogP contribution is -1.88. The Hall–Kier alpha value is -4.68.